The van der Waals surface area contributed by atoms with Crippen molar-refractivity contribution < 1.29 is 25.0 Å². The Morgan fingerprint density at radius 1 is 1.47 bits per heavy atom. The Balaban J connectivity index is 2.42. The quantitative estimate of drug-likeness (QED) is 0.495. The molecule has 1 aliphatic heterocycles. The van der Waals surface area contributed by atoms with Gasteiger partial charge in [-0.25, -0.2) is 0 Å². The van der Waals surface area contributed by atoms with Crippen molar-refractivity contribution in [1.82, 2.24) is 4.98 Å². The van der Waals surface area contributed by atoms with E-state index in [2.05, 4.69) is 4.98 Å². The third kappa shape index (κ3) is 2.55. The molecule has 0 saturated heterocycles. The zero-order valence-corrected chi connectivity index (χ0v) is 9.71. The summed E-state index contributed by atoms with van der Waals surface area (Å²) in [6.45, 7) is -0.519. The summed E-state index contributed by atoms with van der Waals surface area (Å²) in [6, 6.07) is 1.36. The third-order valence-electron chi connectivity index (χ3n) is 2.77. The van der Waals surface area contributed by atoms with Gasteiger partial charge in [-0.1, -0.05) is 0 Å². The van der Waals surface area contributed by atoms with Crippen LogP contribution in [0, 0.1) is 10.1 Å². The molecule has 1 aromatic heterocycles. The van der Waals surface area contributed by atoms with Crippen LogP contribution in [0.5, 0.6) is 0 Å². The Kier molecular flexibility index (Phi) is 3.74. The molecular weight excluding hydrogens is 256 g/mol. The SMILES string of the molecule is O=[N+]([O-])c1cnccc1C1=C[C@@H](O)[C@H](O)[C@@H](CO)O1. The van der Waals surface area contributed by atoms with E-state index in [-0.39, 0.29) is 17.0 Å². The van der Waals surface area contributed by atoms with Crippen LogP contribution in [0.2, 0.25) is 0 Å². The lowest BCUT2D eigenvalue weighted by Crippen LogP contribution is -2.43. The van der Waals surface area contributed by atoms with Crippen LogP contribution >= 0.6 is 0 Å². The Morgan fingerprint density at radius 2 is 2.21 bits per heavy atom. The molecule has 1 aliphatic rings. The van der Waals surface area contributed by atoms with Crippen LogP contribution in [-0.2, 0) is 4.74 Å². The zero-order valence-electron chi connectivity index (χ0n) is 9.71. The van der Waals surface area contributed by atoms with Crippen molar-refractivity contribution in [3.05, 3.63) is 40.2 Å². The summed E-state index contributed by atoms with van der Waals surface area (Å²) in [5.41, 5.74) is -0.154. The Labute approximate surface area is 107 Å². The van der Waals surface area contributed by atoms with Crippen LogP contribution in [0.3, 0.4) is 0 Å². The summed E-state index contributed by atoms with van der Waals surface area (Å²) in [6.07, 6.45) is -0.0202. The van der Waals surface area contributed by atoms with Crippen molar-refractivity contribution >= 4 is 11.4 Å². The Morgan fingerprint density at radius 3 is 2.84 bits per heavy atom. The van der Waals surface area contributed by atoms with Gasteiger partial charge in [0.1, 0.15) is 24.2 Å². The molecule has 1 aromatic rings. The van der Waals surface area contributed by atoms with Gasteiger partial charge in [-0.3, -0.25) is 15.1 Å². The first kappa shape index (κ1) is 13.4. The topological polar surface area (TPSA) is 126 Å². The number of nitrogens with zero attached hydrogens (tertiary/aromatic N) is 2. The molecule has 0 unspecified atom stereocenters. The number of nitro groups is 1. The smallest absolute Gasteiger partial charge is 0.298 e. The van der Waals surface area contributed by atoms with Gasteiger partial charge in [-0.2, -0.15) is 0 Å². The first-order chi connectivity index (χ1) is 9.04. The van der Waals surface area contributed by atoms with Gasteiger partial charge in [-0.05, 0) is 12.1 Å². The first-order valence-corrected chi connectivity index (χ1v) is 5.49. The maximum atomic E-state index is 10.9. The van der Waals surface area contributed by atoms with Crippen molar-refractivity contribution in [3.63, 3.8) is 0 Å². The summed E-state index contributed by atoms with van der Waals surface area (Å²) >= 11 is 0. The van der Waals surface area contributed by atoms with Gasteiger partial charge < -0.3 is 20.1 Å². The Bertz CT molecular complexity index is 518. The second-order valence-electron chi connectivity index (χ2n) is 4.00. The fourth-order valence-electron chi connectivity index (χ4n) is 1.78. The average Bonchev–Trinajstić information content (AvgIpc) is 2.41. The van der Waals surface area contributed by atoms with Gasteiger partial charge in [0.2, 0.25) is 0 Å². The molecule has 3 atom stereocenters. The van der Waals surface area contributed by atoms with Crippen LogP contribution in [-0.4, -0.2) is 50.1 Å². The number of hydrogen-bond acceptors (Lipinski definition) is 7. The third-order valence-corrected chi connectivity index (χ3v) is 2.77. The lowest BCUT2D eigenvalue weighted by Gasteiger charge is -2.30. The van der Waals surface area contributed by atoms with E-state index in [0.29, 0.717) is 0 Å². The minimum absolute atomic E-state index is 0.0333. The molecule has 0 amide bonds. The highest BCUT2D eigenvalue weighted by Crippen LogP contribution is 2.31. The number of hydrogen-bond donors (Lipinski definition) is 3. The summed E-state index contributed by atoms with van der Waals surface area (Å²) < 4.78 is 5.26. The van der Waals surface area contributed by atoms with Crippen molar-refractivity contribution in [2.75, 3.05) is 6.61 Å². The summed E-state index contributed by atoms with van der Waals surface area (Å²) in [5.74, 6) is 0.0333. The molecular formula is C11H12N2O6. The van der Waals surface area contributed by atoms with E-state index in [1.54, 1.807) is 0 Å². The minimum Gasteiger partial charge on any atom is -0.485 e. The van der Waals surface area contributed by atoms with Gasteiger partial charge >= 0.3 is 0 Å². The summed E-state index contributed by atoms with van der Waals surface area (Å²) in [7, 11) is 0. The fraction of sp³-hybridized carbons (Fsp3) is 0.364. The maximum Gasteiger partial charge on any atom is 0.298 e. The minimum atomic E-state index is -1.28. The zero-order chi connectivity index (χ0) is 14.0. The van der Waals surface area contributed by atoms with Crippen LogP contribution in [0.25, 0.3) is 5.76 Å². The van der Waals surface area contributed by atoms with Gasteiger partial charge in [0.25, 0.3) is 5.69 Å². The molecule has 0 radical (unpaired) electrons. The second kappa shape index (κ2) is 5.31. The molecule has 0 bridgehead atoms. The molecule has 0 fully saturated rings. The van der Waals surface area contributed by atoms with Crippen molar-refractivity contribution in [2.24, 2.45) is 0 Å². The molecule has 0 aliphatic carbocycles. The van der Waals surface area contributed by atoms with Crippen LogP contribution in [0.15, 0.2) is 24.5 Å². The summed E-state index contributed by atoms with van der Waals surface area (Å²) in [5, 5.41) is 39.1. The largest absolute Gasteiger partial charge is 0.485 e. The predicted molar refractivity (Wildman–Crippen MR) is 62.8 cm³/mol. The monoisotopic (exact) mass is 268 g/mol. The number of aromatic nitrogens is 1. The number of aliphatic hydroxyl groups excluding tert-OH is 3. The van der Waals surface area contributed by atoms with E-state index in [9.17, 15) is 20.3 Å². The van der Waals surface area contributed by atoms with E-state index < -0.39 is 29.8 Å². The number of pyridine rings is 1. The highest BCUT2D eigenvalue weighted by atomic mass is 16.6. The molecule has 8 heteroatoms. The average molecular weight is 268 g/mol. The first-order valence-electron chi connectivity index (χ1n) is 5.49. The number of aliphatic hydroxyl groups is 3. The lowest BCUT2D eigenvalue weighted by molar-refractivity contribution is -0.385. The fourth-order valence-corrected chi connectivity index (χ4v) is 1.78. The van der Waals surface area contributed by atoms with Gasteiger partial charge in [0.05, 0.1) is 17.1 Å². The van der Waals surface area contributed by atoms with E-state index in [1.165, 1.54) is 18.3 Å². The molecule has 2 rings (SSSR count). The normalized spacial score (nSPS) is 26.5. The molecule has 8 nitrogen and oxygen atoms in total. The van der Waals surface area contributed by atoms with Gasteiger partial charge in [0, 0.05) is 6.20 Å². The van der Waals surface area contributed by atoms with Crippen LogP contribution < -0.4 is 0 Å². The number of ether oxygens (including phenoxy) is 1. The van der Waals surface area contributed by atoms with E-state index >= 15 is 0 Å². The predicted octanol–water partition coefficient (Wildman–Crippen LogP) is -0.556. The van der Waals surface area contributed by atoms with E-state index in [0.717, 1.165) is 6.20 Å². The molecule has 19 heavy (non-hydrogen) atoms. The highest BCUT2D eigenvalue weighted by molar-refractivity contribution is 5.68. The highest BCUT2D eigenvalue weighted by Gasteiger charge is 2.34. The molecule has 102 valence electrons. The van der Waals surface area contributed by atoms with Crippen molar-refractivity contribution in [2.45, 2.75) is 18.3 Å². The molecule has 3 N–H and O–H groups in total. The Hall–Kier alpha value is -2.03. The van der Waals surface area contributed by atoms with Crippen molar-refractivity contribution in [1.29, 1.82) is 0 Å². The van der Waals surface area contributed by atoms with Crippen molar-refractivity contribution in [3.8, 4) is 0 Å². The summed E-state index contributed by atoms with van der Waals surface area (Å²) in [4.78, 5) is 13.9. The second-order valence-corrected chi connectivity index (χ2v) is 4.00. The van der Waals surface area contributed by atoms with E-state index in [1.807, 2.05) is 0 Å². The van der Waals surface area contributed by atoms with Gasteiger partial charge in [0.15, 0.2) is 6.10 Å². The van der Waals surface area contributed by atoms with Crippen LogP contribution in [0.1, 0.15) is 5.56 Å². The van der Waals surface area contributed by atoms with E-state index in [4.69, 9.17) is 9.84 Å². The molecule has 0 spiro atoms. The maximum absolute atomic E-state index is 10.9. The molecule has 0 aromatic carbocycles. The molecule has 2 heterocycles. The van der Waals surface area contributed by atoms with Gasteiger partial charge in [-0.15, -0.1) is 0 Å². The lowest BCUT2D eigenvalue weighted by atomic mass is 10.0. The number of rotatable bonds is 3. The standard InChI is InChI=1S/C11H12N2O6/c14-5-10-11(16)8(15)3-9(19-10)6-1-2-12-4-7(6)13(17)18/h1-4,8,10-11,14-16H,5H2/t8-,10-,11+/m1/s1. The van der Waals surface area contributed by atoms with Crippen LogP contribution in [0.4, 0.5) is 5.69 Å². The molecule has 0 saturated carbocycles.